The maximum Gasteiger partial charge on any atom is 0.165 e. The van der Waals surface area contributed by atoms with Gasteiger partial charge in [0.05, 0.1) is 26.2 Å². The zero-order valence-electron chi connectivity index (χ0n) is 35.6. The first-order valence-electron chi connectivity index (χ1n) is 21.3. The van der Waals surface area contributed by atoms with E-state index in [1.807, 2.05) is 30.3 Å². The van der Waals surface area contributed by atoms with E-state index in [2.05, 4.69) is 123 Å². The molecular weight excluding hydrogens is 775 g/mol. The SMILES string of the molecule is CN1CCc2cccc3c2[C@H]1Cc1ccc(O)c(O)c1-3.Cc1ccc(N(CC2=NCCN2)c2cccc(O)c2)cc1.Cc1ccc(N(CC2=NCCN2)c2cccc(O)c2)cc1. The van der Waals surface area contributed by atoms with Crippen molar-refractivity contribution in [2.45, 2.75) is 32.7 Å². The van der Waals surface area contributed by atoms with Gasteiger partial charge in [0.15, 0.2) is 11.5 Å². The van der Waals surface area contributed by atoms with Crippen LogP contribution in [0.15, 0.2) is 137 Å². The van der Waals surface area contributed by atoms with Crippen LogP contribution in [-0.2, 0) is 12.8 Å². The van der Waals surface area contributed by atoms with Crippen LogP contribution in [0, 0.1) is 13.8 Å². The highest BCUT2D eigenvalue weighted by Gasteiger charge is 2.34. The van der Waals surface area contributed by atoms with Crippen LogP contribution in [0.4, 0.5) is 22.7 Å². The highest BCUT2D eigenvalue weighted by molar-refractivity contribution is 5.91. The fraction of sp³-hybridized carbons (Fsp3) is 0.255. The Morgan fingerprint density at radius 2 is 1.15 bits per heavy atom. The Hall–Kier alpha value is -6.98. The molecule has 1 aliphatic carbocycles. The van der Waals surface area contributed by atoms with Crippen molar-refractivity contribution in [3.05, 3.63) is 155 Å². The first-order chi connectivity index (χ1) is 30.1. The molecule has 62 heavy (non-hydrogen) atoms. The molecule has 0 radical (unpaired) electrons. The fourth-order valence-electron chi connectivity index (χ4n) is 8.51. The van der Waals surface area contributed by atoms with Crippen LogP contribution in [0.3, 0.4) is 0 Å². The Kier molecular flexibility index (Phi) is 12.6. The van der Waals surface area contributed by atoms with E-state index >= 15 is 0 Å². The smallest absolute Gasteiger partial charge is 0.165 e. The van der Waals surface area contributed by atoms with Gasteiger partial charge < -0.3 is 40.9 Å². The first-order valence-corrected chi connectivity index (χ1v) is 21.3. The van der Waals surface area contributed by atoms with Crippen molar-refractivity contribution in [2.75, 3.05) is 62.7 Å². The molecule has 3 heterocycles. The molecule has 0 saturated carbocycles. The monoisotopic (exact) mass is 829 g/mol. The number of hydrogen-bond acceptors (Lipinski definition) is 11. The number of aromatic hydroxyl groups is 4. The molecule has 0 fully saturated rings. The Balaban J connectivity index is 0.000000128. The number of fused-ring (bicyclic) bond motifs is 2. The fourth-order valence-corrected chi connectivity index (χ4v) is 8.51. The Bertz CT molecular complexity index is 2460. The molecular formula is C51H55N7O4. The van der Waals surface area contributed by atoms with Crippen LogP contribution >= 0.6 is 0 Å². The number of aryl methyl sites for hydroxylation is 2. The van der Waals surface area contributed by atoms with E-state index in [0.717, 1.165) is 96.7 Å². The molecule has 0 bridgehead atoms. The number of likely N-dealkylation sites (N-methyl/N-ethyl adjacent to an activating group) is 1. The number of phenolic OH excluding ortho intramolecular Hbond substituents is 4. The van der Waals surface area contributed by atoms with E-state index in [1.54, 1.807) is 30.3 Å². The second-order valence-electron chi connectivity index (χ2n) is 16.2. The third-order valence-electron chi connectivity index (χ3n) is 11.8. The summed E-state index contributed by atoms with van der Waals surface area (Å²) in [5.74, 6) is 2.49. The molecule has 10 rings (SSSR count). The van der Waals surface area contributed by atoms with Gasteiger partial charge in [0.1, 0.15) is 23.2 Å². The summed E-state index contributed by atoms with van der Waals surface area (Å²) in [5.41, 5.74) is 12.2. The number of hydrogen-bond donors (Lipinski definition) is 6. The van der Waals surface area contributed by atoms with Gasteiger partial charge in [-0.2, -0.15) is 0 Å². The van der Waals surface area contributed by atoms with Crippen molar-refractivity contribution in [2.24, 2.45) is 9.98 Å². The first kappa shape index (κ1) is 41.7. The molecule has 6 N–H and O–H groups in total. The maximum atomic E-state index is 10.3. The number of nitrogens with one attached hydrogen (secondary N) is 2. The van der Waals surface area contributed by atoms with E-state index in [0.29, 0.717) is 19.1 Å². The van der Waals surface area contributed by atoms with Gasteiger partial charge in [0.2, 0.25) is 0 Å². The number of aliphatic imine (C=N–C) groups is 2. The minimum absolute atomic E-state index is 0.0163. The van der Waals surface area contributed by atoms with E-state index in [1.165, 1.54) is 22.3 Å². The predicted octanol–water partition coefficient (Wildman–Crippen LogP) is 8.53. The van der Waals surface area contributed by atoms with Gasteiger partial charge in [0, 0.05) is 66.1 Å². The summed E-state index contributed by atoms with van der Waals surface area (Å²) in [7, 11) is 2.16. The van der Waals surface area contributed by atoms with Gasteiger partial charge in [-0.15, -0.1) is 0 Å². The van der Waals surface area contributed by atoms with Crippen LogP contribution < -0.4 is 20.4 Å². The summed E-state index contributed by atoms with van der Waals surface area (Å²) in [6, 6.07) is 41.5. The number of phenols is 4. The molecule has 4 aliphatic rings. The summed E-state index contributed by atoms with van der Waals surface area (Å²) in [4.78, 5) is 15.6. The Labute approximate surface area is 364 Å². The lowest BCUT2D eigenvalue weighted by Crippen LogP contribution is -2.35. The van der Waals surface area contributed by atoms with Gasteiger partial charge in [-0.05, 0) is 111 Å². The molecule has 0 amide bonds. The Morgan fingerprint density at radius 3 is 1.65 bits per heavy atom. The van der Waals surface area contributed by atoms with Crippen LogP contribution in [0.2, 0.25) is 0 Å². The average Bonchev–Trinajstić information content (AvgIpc) is 4.01. The predicted molar refractivity (Wildman–Crippen MR) is 251 cm³/mol. The van der Waals surface area contributed by atoms with Crippen molar-refractivity contribution in [1.82, 2.24) is 15.5 Å². The molecule has 3 aliphatic heterocycles. The topological polar surface area (TPSA) is 139 Å². The van der Waals surface area contributed by atoms with Crippen molar-refractivity contribution in [3.8, 4) is 34.1 Å². The van der Waals surface area contributed by atoms with E-state index in [4.69, 9.17) is 0 Å². The van der Waals surface area contributed by atoms with Crippen LogP contribution in [0.1, 0.15) is 33.9 Å². The summed E-state index contributed by atoms with van der Waals surface area (Å²) in [6.45, 7) is 10.0. The molecule has 11 heteroatoms. The van der Waals surface area contributed by atoms with Crippen molar-refractivity contribution in [3.63, 3.8) is 0 Å². The highest BCUT2D eigenvalue weighted by Crippen LogP contribution is 2.50. The van der Waals surface area contributed by atoms with Crippen molar-refractivity contribution >= 4 is 34.4 Å². The Morgan fingerprint density at radius 1 is 0.613 bits per heavy atom. The zero-order valence-corrected chi connectivity index (χ0v) is 35.6. The van der Waals surface area contributed by atoms with Crippen molar-refractivity contribution in [1.29, 1.82) is 0 Å². The normalized spacial score (nSPS) is 15.8. The van der Waals surface area contributed by atoms with Crippen LogP contribution in [-0.4, -0.2) is 89.9 Å². The van der Waals surface area contributed by atoms with Gasteiger partial charge in [0.25, 0.3) is 0 Å². The van der Waals surface area contributed by atoms with Gasteiger partial charge >= 0.3 is 0 Å². The molecule has 6 aromatic rings. The van der Waals surface area contributed by atoms with Gasteiger partial charge in [-0.25, -0.2) is 0 Å². The zero-order chi connectivity index (χ0) is 43.2. The van der Waals surface area contributed by atoms with Crippen molar-refractivity contribution < 1.29 is 20.4 Å². The van der Waals surface area contributed by atoms with Gasteiger partial charge in [-0.1, -0.05) is 71.8 Å². The number of nitrogens with zero attached hydrogens (tertiary/aromatic N) is 5. The lowest BCUT2D eigenvalue weighted by molar-refractivity contribution is 0.228. The molecule has 1 atom stereocenters. The number of anilines is 4. The summed E-state index contributed by atoms with van der Waals surface area (Å²) >= 11 is 0. The third-order valence-corrected chi connectivity index (χ3v) is 11.8. The van der Waals surface area contributed by atoms with Gasteiger partial charge in [-0.3, -0.25) is 14.9 Å². The molecule has 0 unspecified atom stereocenters. The second kappa shape index (κ2) is 18.7. The standard InChI is InChI=1S/2C17H19N3O.C17H17NO2/c2*1-13-5-7-14(8-6-13)20(12-17-18-9-10-19-17)15-3-2-4-16(21)11-15;1-18-8-7-10-3-2-4-12-15(10)13(18)9-11-5-6-14(19)17(20)16(11)12/h2*2-8,11,21H,9-10,12H2,1H3,(H,18,19);2-6,13,19-20H,7-9H2,1H3/t;;13-/m..1/s1. The van der Waals surface area contributed by atoms with Crippen LogP contribution in [0.5, 0.6) is 23.0 Å². The lowest BCUT2D eigenvalue weighted by atomic mass is 9.77. The molecule has 318 valence electrons. The largest absolute Gasteiger partial charge is 0.508 e. The van der Waals surface area contributed by atoms with E-state index < -0.39 is 0 Å². The second-order valence-corrected chi connectivity index (χ2v) is 16.2. The summed E-state index contributed by atoms with van der Waals surface area (Å²) < 4.78 is 0. The number of benzene rings is 6. The van der Waals surface area contributed by atoms with E-state index in [-0.39, 0.29) is 23.0 Å². The molecule has 0 aromatic heterocycles. The minimum atomic E-state index is -0.0380. The number of rotatable bonds is 8. The maximum absolute atomic E-state index is 10.3. The molecule has 0 spiro atoms. The van der Waals surface area contributed by atoms with Crippen LogP contribution in [0.25, 0.3) is 11.1 Å². The average molecular weight is 830 g/mol. The number of amidine groups is 2. The lowest BCUT2D eigenvalue weighted by Gasteiger charge is -2.39. The highest BCUT2D eigenvalue weighted by atomic mass is 16.3. The van der Waals surface area contributed by atoms with E-state index in [9.17, 15) is 20.4 Å². The quantitative estimate of drug-likeness (QED) is 0.0834. The summed E-state index contributed by atoms with van der Waals surface area (Å²) in [5, 5.41) is 46.1. The minimum Gasteiger partial charge on any atom is -0.508 e. The summed E-state index contributed by atoms with van der Waals surface area (Å²) in [6.07, 6.45) is 1.94. The molecule has 6 aromatic carbocycles. The molecule has 0 saturated heterocycles. The third kappa shape index (κ3) is 9.48. The molecule has 11 nitrogen and oxygen atoms in total.